The summed E-state index contributed by atoms with van der Waals surface area (Å²) in [6, 6.07) is 7.68. The van der Waals surface area contributed by atoms with Crippen molar-refractivity contribution in [3.63, 3.8) is 0 Å². The lowest BCUT2D eigenvalue weighted by molar-refractivity contribution is -0.238. The maximum Gasteiger partial charge on any atom is 0.227 e. The lowest BCUT2D eigenvalue weighted by Crippen LogP contribution is -2.60. The quantitative estimate of drug-likeness (QED) is 0.603. The topological polar surface area (TPSA) is 55.8 Å². The molecule has 5 atom stereocenters. The highest BCUT2D eigenvalue weighted by Gasteiger charge is 2.69. The molecule has 0 N–H and O–H groups in total. The number of nitrogens with zero attached hydrogens (tertiary/aromatic N) is 1. The molecule has 0 bridgehead atoms. The van der Waals surface area contributed by atoms with Crippen LogP contribution in [0.1, 0.15) is 57.9 Å². The van der Waals surface area contributed by atoms with E-state index >= 15 is 0 Å². The summed E-state index contributed by atoms with van der Waals surface area (Å²) < 4.78 is 12.4. The van der Waals surface area contributed by atoms with Crippen molar-refractivity contribution >= 4 is 23.3 Å². The summed E-state index contributed by atoms with van der Waals surface area (Å²) in [6.45, 7) is 6.21. The number of ketones is 1. The number of piperidine rings is 1. The summed E-state index contributed by atoms with van der Waals surface area (Å²) in [5, 5.41) is 0.689. The van der Waals surface area contributed by atoms with Gasteiger partial charge in [0, 0.05) is 46.7 Å². The van der Waals surface area contributed by atoms with Crippen LogP contribution in [0.15, 0.2) is 36.0 Å². The van der Waals surface area contributed by atoms with Crippen molar-refractivity contribution in [1.82, 2.24) is 4.90 Å². The predicted molar refractivity (Wildman–Crippen MR) is 124 cm³/mol. The molecule has 4 unspecified atom stereocenters. The Balaban J connectivity index is 1.35. The number of fused-ring (bicyclic) bond motifs is 6. The van der Waals surface area contributed by atoms with Gasteiger partial charge in [-0.05, 0) is 48.8 Å². The molecular weight excluding hydrogens is 438 g/mol. The monoisotopic (exact) mass is 469 g/mol. The molecule has 1 amide bonds. The number of amides is 1. The van der Waals surface area contributed by atoms with E-state index < -0.39 is 5.79 Å². The molecule has 5 aliphatic rings. The van der Waals surface area contributed by atoms with Crippen molar-refractivity contribution in [1.29, 1.82) is 0 Å². The summed E-state index contributed by atoms with van der Waals surface area (Å²) >= 11 is 6.06. The maximum absolute atomic E-state index is 13.9. The smallest absolute Gasteiger partial charge is 0.227 e. The van der Waals surface area contributed by atoms with Crippen molar-refractivity contribution < 1.29 is 19.1 Å². The number of Topliss-reactive ketones (excluding diaryl/α,β-unsaturated/α-hetero) is 1. The molecule has 6 heteroatoms. The van der Waals surface area contributed by atoms with Crippen LogP contribution in [0, 0.1) is 28.6 Å². The fourth-order valence-electron chi connectivity index (χ4n) is 8.11. The van der Waals surface area contributed by atoms with Gasteiger partial charge in [-0.25, -0.2) is 0 Å². The van der Waals surface area contributed by atoms with Gasteiger partial charge >= 0.3 is 0 Å². The fraction of sp³-hybridized carbons (Fsp3) is 0.630. The first-order chi connectivity index (χ1) is 15.8. The zero-order valence-corrected chi connectivity index (χ0v) is 20.2. The van der Waals surface area contributed by atoms with Crippen LogP contribution in [-0.2, 0) is 25.6 Å². The first-order valence-electron chi connectivity index (χ1n) is 12.3. The minimum Gasteiger partial charge on any atom is -0.347 e. The zero-order valence-electron chi connectivity index (χ0n) is 19.4. The molecule has 4 fully saturated rings. The number of hydrogen-bond acceptors (Lipinski definition) is 4. The molecule has 2 saturated heterocycles. The Morgan fingerprint density at radius 3 is 2.55 bits per heavy atom. The van der Waals surface area contributed by atoms with E-state index in [1.165, 1.54) is 0 Å². The molecule has 3 aliphatic carbocycles. The highest BCUT2D eigenvalue weighted by Crippen LogP contribution is 2.67. The van der Waals surface area contributed by atoms with Gasteiger partial charge in [0.2, 0.25) is 5.91 Å². The van der Waals surface area contributed by atoms with Crippen molar-refractivity contribution in [2.45, 2.75) is 64.7 Å². The highest BCUT2D eigenvalue weighted by molar-refractivity contribution is 6.30. The van der Waals surface area contributed by atoms with Gasteiger partial charge in [0.25, 0.3) is 0 Å². The van der Waals surface area contributed by atoms with E-state index in [1.54, 1.807) is 0 Å². The van der Waals surface area contributed by atoms with E-state index in [9.17, 15) is 9.59 Å². The fourth-order valence-corrected chi connectivity index (χ4v) is 8.23. The van der Waals surface area contributed by atoms with E-state index in [0.29, 0.717) is 49.3 Å². The molecule has 1 spiro atoms. The van der Waals surface area contributed by atoms with Gasteiger partial charge in [-0.3, -0.25) is 9.59 Å². The molecule has 176 valence electrons. The second-order valence-corrected chi connectivity index (χ2v) is 11.6. The molecule has 5 nitrogen and oxygen atoms in total. The molecule has 0 radical (unpaired) electrons. The van der Waals surface area contributed by atoms with E-state index in [-0.39, 0.29) is 28.6 Å². The number of ether oxygens (including phenoxy) is 2. The number of hydrogen-bond donors (Lipinski definition) is 0. The normalized spacial score (nSPS) is 39.3. The van der Waals surface area contributed by atoms with Crippen molar-refractivity contribution in [2.24, 2.45) is 28.6 Å². The number of allylic oxidation sites excluding steroid dienone is 2. The SMILES string of the molecule is CC12CCC(=O)N(Cc3ccc(Cl)cc3)C1=CCC1C3CCC4(OCCO4)C3(C)CC(=O)[C@@H]12. The number of halogens is 1. The van der Waals surface area contributed by atoms with Crippen molar-refractivity contribution in [3.05, 3.63) is 46.6 Å². The lowest BCUT2D eigenvalue weighted by atomic mass is 9.49. The number of rotatable bonds is 2. The minimum atomic E-state index is -0.591. The zero-order chi connectivity index (χ0) is 23.0. The van der Waals surface area contributed by atoms with Crippen LogP contribution in [0.5, 0.6) is 0 Å². The van der Waals surface area contributed by atoms with Gasteiger partial charge in [0.15, 0.2) is 5.79 Å². The Morgan fingerprint density at radius 1 is 1.09 bits per heavy atom. The van der Waals surface area contributed by atoms with Crippen LogP contribution in [0.3, 0.4) is 0 Å². The van der Waals surface area contributed by atoms with Gasteiger partial charge in [0.1, 0.15) is 5.78 Å². The Bertz CT molecular complexity index is 1030. The lowest BCUT2D eigenvalue weighted by Gasteiger charge is -2.58. The number of carbonyl (C=O) groups excluding carboxylic acids is 2. The first kappa shape index (κ1) is 21.8. The van der Waals surface area contributed by atoms with Crippen LogP contribution in [0.4, 0.5) is 0 Å². The molecule has 1 aromatic rings. The van der Waals surface area contributed by atoms with Gasteiger partial charge in [-0.2, -0.15) is 0 Å². The standard InChI is InChI=1S/C27H32ClNO4/c1-25-11-10-23(31)29(16-17-3-5-18(28)6-4-17)22(25)8-7-19-20-9-12-27(32-13-14-33-27)26(20,2)15-21(30)24(19)25/h3-6,8,19-20,24H,7,9-16H2,1-2H3/t19?,20?,24-,25?,26?/m1/s1. The largest absolute Gasteiger partial charge is 0.347 e. The van der Waals surface area contributed by atoms with Crippen LogP contribution in [0.2, 0.25) is 5.02 Å². The average Bonchev–Trinajstić information content (AvgIpc) is 3.37. The summed E-state index contributed by atoms with van der Waals surface area (Å²) in [4.78, 5) is 28.9. The van der Waals surface area contributed by atoms with E-state index in [4.69, 9.17) is 21.1 Å². The molecule has 2 heterocycles. The van der Waals surface area contributed by atoms with Crippen LogP contribution in [-0.4, -0.2) is 35.6 Å². The average molecular weight is 470 g/mol. The molecule has 1 aromatic carbocycles. The molecule has 0 aromatic heterocycles. The van der Waals surface area contributed by atoms with Gasteiger partial charge < -0.3 is 14.4 Å². The third kappa shape index (κ3) is 2.98. The minimum absolute atomic E-state index is 0.0482. The van der Waals surface area contributed by atoms with E-state index in [0.717, 1.165) is 36.9 Å². The molecule has 2 saturated carbocycles. The molecule has 6 rings (SSSR count). The van der Waals surface area contributed by atoms with Crippen molar-refractivity contribution in [2.75, 3.05) is 13.2 Å². The highest BCUT2D eigenvalue weighted by atomic mass is 35.5. The van der Waals surface area contributed by atoms with E-state index in [2.05, 4.69) is 19.9 Å². The van der Waals surface area contributed by atoms with Crippen LogP contribution in [0.25, 0.3) is 0 Å². The third-order valence-corrected chi connectivity index (χ3v) is 9.87. The predicted octanol–water partition coefficient (Wildman–Crippen LogP) is 5.12. The second kappa shape index (κ2) is 7.40. The van der Waals surface area contributed by atoms with Crippen LogP contribution >= 0.6 is 11.6 Å². The number of benzene rings is 1. The molecular formula is C27H32ClNO4. The summed E-state index contributed by atoms with van der Waals surface area (Å²) in [5.74, 6) is 0.513. The van der Waals surface area contributed by atoms with Crippen LogP contribution < -0.4 is 0 Å². The Morgan fingerprint density at radius 2 is 1.82 bits per heavy atom. The molecule has 2 aliphatic heterocycles. The second-order valence-electron chi connectivity index (χ2n) is 11.1. The summed E-state index contributed by atoms with van der Waals surface area (Å²) in [6.07, 6.45) is 6.75. The Hall–Kier alpha value is -1.69. The van der Waals surface area contributed by atoms with E-state index in [1.807, 2.05) is 29.2 Å². The van der Waals surface area contributed by atoms with Crippen molar-refractivity contribution in [3.8, 4) is 0 Å². The van der Waals surface area contributed by atoms with Gasteiger partial charge in [-0.15, -0.1) is 0 Å². The van der Waals surface area contributed by atoms with Gasteiger partial charge in [-0.1, -0.05) is 43.7 Å². The Kier molecular flexibility index (Phi) is 4.89. The summed E-state index contributed by atoms with van der Waals surface area (Å²) in [5.41, 5.74) is 1.52. The maximum atomic E-state index is 13.9. The first-order valence-corrected chi connectivity index (χ1v) is 12.7. The Labute approximate surface area is 200 Å². The van der Waals surface area contributed by atoms with Gasteiger partial charge in [0.05, 0.1) is 19.8 Å². The number of likely N-dealkylation sites (tertiary alicyclic amines) is 1. The summed E-state index contributed by atoms with van der Waals surface area (Å²) in [7, 11) is 0. The molecule has 33 heavy (non-hydrogen) atoms. The third-order valence-electron chi connectivity index (χ3n) is 9.62. The number of carbonyl (C=O) groups is 2.